The Balaban J connectivity index is 1.33. The zero-order valence-electron chi connectivity index (χ0n) is 15.5. The van der Waals surface area contributed by atoms with E-state index in [0.29, 0.717) is 17.5 Å². The molecule has 1 fully saturated rings. The zero-order valence-corrected chi connectivity index (χ0v) is 15.5. The molecule has 0 spiro atoms. The van der Waals surface area contributed by atoms with E-state index in [-0.39, 0.29) is 24.4 Å². The molecule has 1 N–H and O–H groups in total. The number of aromatic nitrogens is 3. The van der Waals surface area contributed by atoms with E-state index in [0.717, 1.165) is 23.8 Å². The quantitative estimate of drug-likeness (QED) is 0.651. The molecular formula is C21H22N4O3. The Morgan fingerprint density at radius 1 is 1.18 bits per heavy atom. The topological polar surface area (TPSA) is 86.1 Å². The monoisotopic (exact) mass is 378 g/mol. The lowest BCUT2D eigenvalue weighted by Gasteiger charge is -2.09. The maximum absolute atomic E-state index is 12.4. The molecule has 1 heterocycles. The highest BCUT2D eigenvalue weighted by atomic mass is 16.5. The number of hydrogen-bond acceptors (Lipinski definition) is 5. The molecule has 1 aliphatic carbocycles. The fourth-order valence-electron chi connectivity index (χ4n) is 2.97. The summed E-state index contributed by atoms with van der Waals surface area (Å²) in [6.07, 6.45) is 2.66. The number of fused-ring (bicyclic) bond motifs is 1. The number of rotatable bonds is 8. The van der Waals surface area contributed by atoms with Gasteiger partial charge in [0.2, 0.25) is 5.91 Å². The molecule has 3 aromatic rings. The van der Waals surface area contributed by atoms with Crippen molar-refractivity contribution >= 4 is 22.5 Å². The van der Waals surface area contributed by atoms with Crippen LogP contribution >= 0.6 is 0 Å². The number of ether oxygens (including phenoxy) is 1. The summed E-state index contributed by atoms with van der Waals surface area (Å²) in [6.45, 7) is 1.52. The van der Waals surface area contributed by atoms with Crippen LogP contribution in [-0.2, 0) is 22.7 Å². The van der Waals surface area contributed by atoms with Gasteiger partial charge < -0.3 is 10.1 Å². The maximum Gasteiger partial charge on any atom is 0.277 e. The normalized spacial score (nSPS) is 13.6. The minimum absolute atomic E-state index is 0.134. The molecule has 7 heteroatoms. The summed E-state index contributed by atoms with van der Waals surface area (Å²) in [6, 6.07) is 14.7. The fraction of sp³-hybridized carbons (Fsp3) is 0.333. The minimum Gasteiger partial charge on any atom is -0.376 e. The van der Waals surface area contributed by atoms with Gasteiger partial charge in [-0.15, -0.1) is 5.10 Å². The molecule has 0 unspecified atom stereocenters. The van der Waals surface area contributed by atoms with E-state index in [4.69, 9.17) is 4.74 Å². The van der Waals surface area contributed by atoms with Crippen molar-refractivity contribution in [3.05, 3.63) is 64.4 Å². The minimum atomic E-state index is -0.242. The van der Waals surface area contributed by atoms with E-state index in [1.807, 2.05) is 24.3 Å². The number of amides is 1. The van der Waals surface area contributed by atoms with Gasteiger partial charge in [0.05, 0.1) is 18.5 Å². The van der Waals surface area contributed by atoms with Gasteiger partial charge in [0.25, 0.3) is 5.56 Å². The summed E-state index contributed by atoms with van der Waals surface area (Å²) >= 11 is 0. The van der Waals surface area contributed by atoms with E-state index in [2.05, 4.69) is 15.6 Å². The van der Waals surface area contributed by atoms with Gasteiger partial charge >= 0.3 is 0 Å². The lowest BCUT2D eigenvalue weighted by Crippen LogP contribution is -2.26. The number of hydrogen-bond donors (Lipinski definition) is 1. The first-order valence-electron chi connectivity index (χ1n) is 9.48. The average molecular weight is 378 g/mol. The van der Waals surface area contributed by atoms with Crippen LogP contribution in [0.5, 0.6) is 0 Å². The zero-order chi connectivity index (χ0) is 19.3. The average Bonchev–Trinajstić information content (AvgIpc) is 3.52. The molecule has 1 amide bonds. The number of carbonyl (C=O) groups is 1. The molecule has 1 aromatic heterocycles. The third-order valence-electron chi connectivity index (χ3n) is 4.71. The lowest BCUT2D eigenvalue weighted by atomic mass is 10.2. The van der Waals surface area contributed by atoms with Gasteiger partial charge in [0, 0.05) is 18.7 Å². The Kier molecular flexibility index (Phi) is 5.43. The summed E-state index contributed by atoms with van der Waals surface area (Å²) in [5.41, 5.74) is 2.05. The van der Waals surface area contributed by atoms with Gasteiger partial charge in [-0.3, -0.25) is 9.59 Å². The van der Waals surface area contributed by atoms with Crippen molar-refractivity contribution < 1.29 is 9.53 Å². The molecule has 7 nitrogen and oxygen atoms in total. The van der Waals surface area contributed by atoms with Gasteiger partial charge in [-0.25, -0.2) is 4.68 Å². The van der Waals surface area contributed by atoms with E-state index in [1.54, 1.807) is 24.3 Å². The van der Waals surface area contributed by atoms with Crippen molar-refractivity contribution in [2.45, 2.75) is 32.4 Å². The largest absolute Gasteiger partial charge is 0.376 e. The summed E-state index contributed by atoms with van der Waals surface area (Å²) in [4.78, 5) is 24.7. The van der Waals surface area contributed by atoms with Crippen LogP contribution in [0.15, 0.2) is 53.3 Å². The first-order chi connectivity index (χ1) is 13.7. The summed E-state index contributed by atoms with van der Waals surface area (Å²) in [5, 5.41) is 11.3. The van der Waals surface area contributed by atoms with Gasteiger partial charge in [0.1, 0.15) is 5.52 Å². The molecule has 144 valence electrons. The highest BCUT2D eigenvalue weighted by Crippen LogP contribution is 2.29. The van der Waals surface area contributed by atoms with Gasteiger partial charge in [-0.2, -0.15) is 0 Å². The predicted octanol–water partition coefficient (Wildman–Crippen LogP) is 2.75. The third kappa shape index (κ3) is 4.61. The Morgan fingerprint density at radius 3 is 2.89 bits per heavy atom. The second-order valence-corrected chi connectivity index (χ2v) is 7.09. The van der Waals surface area contributed by atoms with Crippen molar-refractivity contribution in [2.24, 2.45) is 5.92 Å². The standard InChI is InChI=1S/C21H22N4O3/c26-20(10-11-25-21(27)18-6-1-2-7-19(18)23-24-25)22-17-5-3-4-16(12-17)14-28-13-15-8-9-15/h1-7,12,15H,8-11,13-14H2,(H,22,26). The molecule has 0 aliphatic heterocycles. The molecule has 1 aliphatic rings. The van der Waals surface area contributed by atoms with Crippen LogP contribution in [0.2, 0.25) is 0 Å². The van der Waals surface area contributed by atoms with E-state index < -0.39 is 0 Å². The third-order valence-corrected chi connectivity index (χ3v) is 4.71. The molecule has 0 saturated heterocycles. The second kappa shape index (κ2) is 8.31. The Hall–Kier alpha value is -3.06. The number of nitrogens with zero attached hydrogens (tertiary/aromatic N) is 3. The van der Waals surface area contributed by atoms with Crippen molar-refractivity contribution in [1.29, 1.82) is 0 Å². The number of benzene rings is 2. The van der Waals surface area contributed by atoms with Gasteiger partial charge in [-0.1, -0.05) is 29.5 Å². The first-order valence-corrected chi connectivity index (χ1v) is 9.48. The van der Waals surface area contributed by atoms with Crippen LogP contribution in [-0.4, -0.2) is 27.5 Å². The number of nitrogens with one attached hydrogen (secondary N) is 1. The summed E-state index contributed by atoms with van der Waals surface area (Å²) < 4.78 is 6.92. The smallest absolute Gasteiger partial charge is 0.277 e. The van der Waals surface area contributed by atoms with Crippen molar-refractivity contribution in [3.8, 4) is 0 Å². The summed E-state index contributed by atoms with van der Waals surface area (Å²) in [5.74, 6) is 0.544. The maximum atomic E-state index is 12.4. The molecule has 2 aromatic carbocycles. The Labute approximate surface area is 162 Å². The van der Waals surface area contributed by atoms with E-state index in [9.17, 15) is 9.59 Å². The molecule has 0 bridgehead atoms. The molecule has 4 rings (SSSR count). The fourth-order valence-corrected chi connectivity index (χ4v) is 2.97. The number of aryl methyl sites for hydroxylation is 1. The molecule has 28 heavy (non-hydrogen) atoms. The predicted molar refractivity (Wildman–Crippen MR) is 106 cm³/mol. The van der Waals surface area contributed by atoms with Crippen molar-refractivity contribution in [3.63, 3.8) is 0 Å². The summed E-state index contributed by atoms with van der Waals surface area (Å²) in [7, 11) is 0. The van der Waals surface area contributed by atoms with E-state index >= 15 is 0 Å². The number of carbonyl (C=O) groups excluding carboxylic acids is 1. The Bertz CT molecular complexity index is 1040. The first kappa shape index (κ1) is 18.3. The van der Waals surface area contributed by atoms with Gasteiger partial charge in [0.15, 0.2) is 0 Å². The Morgan fingerprint density at radius 2 is 2.04 bits per heavy atom. The molecule has 0 atom stereocenters. The SMILES string of the molecule is O=C(CCn1nnc2ccccc2c1=O)Nc1cccc(COCC2CC2)c1. The van der Waals surface area contributed by atoms with Crippen molar-refractivity contribution in [2.75, 3.05) is 11.9 Å². The molecule has 0 radical (unpaired) electrons. The highest BCUT2D eigenvalue weighted by molar-refractivity contribution is 5.90. The van der Waals surface area contributed by atoms with Crippen LogP contribution < -0.4 is 10.9 Å². The van der Waals surface area contributed by atoms with Gasteiger partial charge in [-0.05, 0) is 48.6 Å². The van der Waals surface area contributed by atoms with Crippen LogP contribution in [0.1, 0.15) is 24.8 Å². The number of anilines is 1. The molecular weight excluding hydrogens is 356 g/mol. The van der Waals surface area contributed by atoms with Crippen LogP contribution in [0.3, 0.4) is 0 Å². The van der Waals surface area contributed by atoms with Crippen LogP contribution in [0.25, 0.3) is 10.9 Å². The lowest BCUT2D eigenvalue weighted by molar-refractivity contribution is -0.116. The van der Waals surface area contributed by atoms with Crippen molar-refractivity contribution in [1.82, 2.24) is 15.0 Å². The van der Waals surface area contributed by atoms with Crippen LogP contribution in [0.4, 0.5) is 5.69 Å². The highest BCUT2D eigenvalue weighted by Gasteiger charge is 2.21. The molecule has 1 saturated carbocycles. The van der Waals surface area contributed by atoms with Crippen LogP contribution in [0, 0.1) is 5.92 Å². The van der Waals surface area contributed by atoms with E-state index in [1.165, 1.54) is 17.5 Å². The second-order valence-electron chi connectivity index (χ2n) is 7.09.